The van der Waals surface area contributed by atoms with Gasteiger partial charge in [0.05, 0.1) is 0 Å². The summed E-state index contributed by atoms with van der Waals surface area (Å²) in [5, 5.41) is 9.48. The molecule has 6 heteroatoms. The summed E-state index contributed by atoms with van der Waals surface area (Å²) in [6.45, 7) is 2.42. The third-order valence-corrected chi connectivity index (χ3v) is 4.05. The van der Waals surface area contributed by atoms with Gasteiger partial charge in [0.25, 0.3) is 5.91 Å². The Morgan fingerprint density at radius 3 is 2.50 bits per heavy atom. The number of benzene rings is 1. The molecule has 1 aromatic carbocycles. The van der Waals surface area contributed by atoms with E-state index in [4.69, 9.17) is 0 Å². The number of hydrogen-bond acceptors (Lipinski definition) is 2. The summed E-state index contributed by atoms with van der Waals surface area (Å²) in [5.74, 6) is 1.62. The number of rotatable bonds is 7. The van der Waals surface area contributed by atoms with Crippen LogP contribution >= 0.6 is 15.9 Å². The minimum Gasteiger partial charge on any atom is -0.356 e. The standard InChI is InChI=1S/C16H23BrN4O/c1-18-16(21-11-12-3-4-12)20-10-2-9-19-15(22)13-5-7-14(17)8-6-13/h5-8,12H,2-4,9-11H2,1H3,(H,19,22)(H2,18,20,21). The molecule has 1 saturated carbocycles. The van der Waals surface area contributed by atoms with E-state index in [0.717, 1.165) is 35.9 Å². The number of halogens is 1. The van der Waals surface area contributed by atoms with Crippen molar-refractivity contribution in [2.75, 3.05) is 26.7 Å². The number of nitrogens with zero attached hydrogens (tertiary/aromatic N) is 1. The SMILES string of the molecule is CN=C(NCCCNC(=O)c1ccc(Br)cc1)NCC1CC1. The van der Waals surface area contributed by atoms with Crippen molar-refractivity contribution in [2.24, 2.45) is 10.9 Å². The molecule has 0 unspecified atom stereocenters. The Balaban J connectivity index is 1.57. The van der Waals surface area contributed by atoms with E-state index >= 15 is 0 Å². The third-order valence-electron chi connectivity index (χ3n) is 3.52. The van der Waals surface area contributed by atoms with Crippen LogP contribution in [-0.4, -0.2) is 38.5 Å². The van der Waals surface area contributed by atoms with Gasteiger partial charge in [-0.25, -0.2) is 0 Å². The van der Waals surface area contributed by atoms with E-state index in [9.17, 15) is 4.79 Å². The summed E-state index contributed by atoms with van der Waals surface area (Å²) < 4.78 is 0.971. The van der Waals surface area contributed by atoms with Gasteiger partial charge in [0.2, 0.25) is 0 Å². The van der Waals surface area contributed by atoms with E-state index in [1.807, 2.05) is 12.1 Å². The molecule has 0 spiro atoms. The normalized spacial score (nSPS) is 14.5. The first-order valence-corrected chi connectivity index (χ1v) is 8.46. The van der Waals surface area contributed by atoms with Gasteiger partial charge in [-0.15, -0.1) is 0 Å². The lowest BCUT2D eigenvalue weighted by atomic mass is 10.2. The van der Waals surface area contributed by atoms with Gasteiger partial charge in [-0.2, -0.15) is 0 Å². The van der Waals surface area contributed by atoms with E-state index in [0.29, 0.717) is 12.1 Å². The Kier molecular flexibility index (Phi) is 6.71. The molecule has 2 rings (SSSR count). The van der Waals surface area contributed by atoms with Crippen LogP contribution in [0.25, 0.3) is 0 Å². The number of amides is 1. The van der Waals surface area contributed by atoms with Crippen molar-refractivity contribution in [1.29, 1.82) is 0 Å². The second kappa shape index (κ2) is 8.78. The molecule has 0 heterocycles. The van der Waals surface area contributed by atoms with Gasteiger partial charge in [0, 0.05) is 36.7 Å². The number of aliphatic imine (C=N–C) groups is 1. The lowest BCUT2D eigenvalue weighted by Gasteiger charge is -2.11. The van der Waals surface area contributed by atoms with Crippen LogP contribution in [0.15, 0.2) is 33.7 Å². The van der Waals surface area contributed by atoms with Crippen LogP contribution in [0.2, 0.25) is 0 Å². The fraction of sp³-hybridized carbons (Fsp3) is 0.500. The Hall–Kier alpha value is -1.56. The molecule has 0 aliphatic heterocycles. The molecule has 3 N–H and O–H groups in total. The fourth-order valence-corrected chi connectivity index (χ4v) is 2.25. The van der Waals surface area contributed by atoms with Gasteiger partial charge >= 0.3 is 0 Å². The zero-order valence-corrected chi connectivity index (χ0v) is 14.4. The van der Waals surface area contributed by atoms with Crippen molar-refractivity contribution in [1.82, 2.24) is 16.0 Å². The average molecular weight is 367 g/mol. The highest BCUT2D eigenvalue weighted by Crippen LogP contribution is 2.27. The van der Waals surface area contributed by atoms with Crippen LogP contribution in [0.5, 0.6) is 0 Å². The third kappa shape index (κ3) is 6.05. The van der Waals surface area contributed by atoms with Crippen LogP contribution in [0, 0.1) is 5.92 Å². The molecule has 120 valence electrons. The molecular formula is C16H23BrN4O. The van der Waals surface area contributed by atoms with Crippen LogP contribution < -0.4 is 16.0 Å². The molecule has 0 atom stereocenters. The van der Waals surface area contributed by atoms with Crippen molar-refractivity contribution in [2.45, 2.75) is 19.3 Å². The van der Waals surface area contributed by atoms with Gasteiger partial charge < -0.3 is 16.0 Å². The number of nitrogens with one attached hydrogen (secondary N) is 3. The highest BCUT2D eigenvalue weighted by molar-refractivity contribution is 9.10. The molecule has 0 radical (unpaired) electrons. The van der Waals surface area contributed by atoms with E-state index in [2.05, 4.69) is 36.9 Å². The van der Waals surface area contributed by atoms with Crippen LogP contribution in [0.3, 0.4) is 0 Å². The maximum Gasteiger partial charge on any atom is 0.251 e. The summed E-state index contributed by atoms with van der Waals surface area (Å²) in [7, 11) is 1.78. The first-order valence-electron chi connectivity index (χ1n) is 7.67. The van der Waals surface area contributed by atoms with Crippen molar-refractivity contribution < 1.29 is 4.79 Å². The summed E-state index contributed by atoms with van der Waals surface area (Å²) in [4.78, 5) is 16.1. The molecule has 1 aliphatic rings. The van der Waals surface area contributed by atoms with Gasteiger partial charge in [0.15, 0.2) is 5.96 Å². The largest absolute Gasteiger partial charge is 0.356 e. The van der Waals surface area contributed by atoms with Crippen molar-refractivity contribution in [3.05, 3.63) is 34.3 Å². The van der Waals surface area contributed by atoms with Crippen molar-refractivity contribution >= 4 is 27.8 Å². The molecule has 0 saturated heterocycles. The molecule has 1 aliphatic carbocycles. The topological polar surface area (TPSA) is 65.5 Å². The predicted molar refractivity (Wildman–Crippen MR) is 93.2 cm³/mol. The molecule has 1 aromatic rings. The number of carbonyl (C=O) groups is 1. The molecule has 1 fully saturated rings. The second-order valence-corrected chi connectivity index (χ2v) is 6.36. The lowest BCUT2D eigenvalue weighted by Crippen LogP contribution is -2.39. The summed E-state index contributed by atoms with van der Waals surface area (Å²) in [6.07, 6.45) is 3.50. The first kappa shape index (κ1) is 16.8. The summed E-state index contributed by atoms with van der Waals surface area (Å²) in [5.41, 5.74) is 0.679. The minimum absolute atomic E-state index is 0.0382. The first-order chi connectivity index (χ1) is 10.7. The van der Waals surface area contributed by atoms with Gasteiger partial charge in [-0.3, -0.25) is 9.79 Å². The highest BCUT2D eigenvalue weighted by Gasteiger charge is 2.20. The average Bonchev–Trinajstić information content (AvgIpc) is 3.34. The Morgan fingerprint density at radius 2 is 1.86 bits per heavy atom. The maximum absolute atomic E-state index is 11.9. The zero-order chi connectivity index (χ0) is 15.8. The van der Waals surface area contributed by atoms with Crippen molar-refractivity contribution in [3.63, 3.8) is 0 Å². The Bertz CT molecular complexity index is 511. The molecule has 1 amide bonds. The molecule has 0 bridgehead atoms. The number of hydrogen-bond donors (Lipinski definition) is 3. The highest BCUT2D eigenvalue weighted by atomic mass is 79.9. The Morgan fingerprint density at radius 1 is 1.18 bits per heavy atom. The maximum atomic E-state index is 11.9. The van der Waals surface area contributed by atoms with Crippen molar-refractivity contribution in [3.8, 4) is 0 Å². The van der Waals surface area contributed by atoms with Crippen LogP contribution in [-0.2, 0) is 0 Å². The number of guanidine groups is 1. The zero-order valence-electron chi connectivity index (χ0n) is 12.9. The summed E-state index contributed by atoms with van der Waals surface area (Å²) in [6, 6.07) is 7.35. The smallest absolute Gasteiger partial charge is 0.251 e. The van der Waals surface area contributed by atoms with Gasteiger partial charge in [0.1, 0.15) is 0 Å². The lowest BCUT2D eigenvalue weighted by molar-refractivity contribution is 0.0953. The second-order valence-electron chi connectivity index (χ2n) is 5.44. The minimum atomic E-state index is -0.0382. The fourth-order valence-electron chi connectivity index (χ4n) is 1.98. The molecule has 0 aromatic heterocycles. The predicted octanol–water partition coefficient (Wildman–Crippen LogP) is 2.14. The van der Waals surface area contributed by atoms with Gasteiger partial charge in [-0.05, 0) is 49.4 Å². The Labute approximate surface area is 140 Å². The van der Waals surface area contributed by atoms with Crippen LogP contribution in [0.1, 0.15) is 29.6 Å². The molecule has 22 heavy (non-hydrogen) atoms. The molecular weight excluding hydrogens is 344 g/mol. The van der Waals surface area contributed by atoms with Crippen LogP contribution in [0.4, 0.5) is 0 Å². The summed E-state index contributed by atoms with van der Waals surface area (Å²) >= 11 is 3.36. The van der Waals surface area contributed by atoms with E-state index in [1.165, 1.54) is 12.8 Å². The van der Waals surface area contributed by atoms with Gasteiger partial charge in [-0.1, -0.05) is 15.9 Å². The number of carbonyl (C=O) groups excluding carboxylic acids is 1. The molecule has 5 nitrogen and oxygen atoms in total. The van der Waals surface area contributed by atoms with E-state index in [1.54, 1.807) is 19.2 Å². The van der Waals surface area contributed by atoms with E-state index < -0.39 is 0 Å². The quantitative estimate of drug-likeness (QED) is 0.393. The van der Waals surface area contributed by atoms with E-state index in [-0.39, 0.29) is 5.91 Å². The monoisotopic (exact) mass is 366 g/mol.